The van der Waals surface area contributed by atoms with Gasteiger partial charge >= 0.3 is 6.98 Å². The fourth-order valence-electron chi connectivity index (χ4n) is 0.866. The van der Waals surface area contributed by atoms with E-state index in [2.05, 4.69) is 0 Å². The molecule has 0 N–H and O–H groups in total. The third kappa shape index (κ3) is 3.44. The van der Waals surface area contributed by atoms with E-state index in [1.165, 1.54) is 25.1 Å². The van der Waals surface area contributed by atoms with Crippen LogP contribution in [0.25, 0.3) is 0 Å². The van der Waals surface area contributed by atoms with Crippen LogP contribution in [0.2, 0.25) is 0 Å². The number of methoxy groups -OCH3 is 1. The van der Waals surface area contributed by atoms with Crippen LogP contribution in [0.1, 0.15) is 5.56 Å². The van der Waals surface area contributed by atoms with Crippen LogP contribution in [-0.2, 0) is 0 Å². The van der Waals surface area contributed by atoms with Crippen LogP contribution < -0.4 is 4.74 Å². The minimum Gasteiger partial charge on any atom is -0.497 e. The van der Waals surface area contributed by atoms with Crippen LogP contribution in [0, 0.1) is 11.7 Å². The molecule has 0 radical (unpaired) electrons. The highest BCUT2D eigenvalue weighted by Gasteiger charge is 2.18. The minimum absolute atomic E-state index is 0.295. The summed E-state index contributed by atoms with van der Waals surface area (Å²) in [5, 5.41) is 0. The molecule has 1 rings (SSSR count). The molecular weight excluding hydrogens is 192 g/mol. The van der Waals surface area contributed by atoms with Crippen molar-refractivity contribution in [2.24, 2.45) is 0 Å². The summed E-state index contributed by atoms with van der Waals surface area (Å²) < 4.78 is 40.2. The van der Waals surface area contributed by atoms with E-state index in [0.29, 0.717) is 11.3 Å². The molecule has 0 aliphatic heterocycles. The summed E-state index contributed by atoms with van der Waals surface area (Å²) in [7, 11) is 1.44. The quantitative estimate of drug-likeness (QED) is 0.498. The second kappa shape index (κ2) is 4.10. The van der Waals surface area contributed by atoms with E-state index in [1.807, 2.05) is 5.92 Å². The molecule has 14 heavy (non-hydrogen) atoms. The third-order valence-corrected chi connectivity index (χ3v) is 1.45. The van der Waals surface area contributed by atoms with Gasteiger partial charge in [0.2, 0.25) is 0 Å². The van der Waals surface area contributed by atoms with Gasteiger partial charge in [0.05, 0.1) is 7.11 Å². The van der Waals surface area contributed by atoms with Gasteiger partial charge in [0.1, 0.15) is 5.75 Å². The predicted molar refractivity (Wildman–Crippen MR) is 49.0 cm³/mol. The zero-order valence-corrected chi connectivity index (χ0v) is 7.43. The molecule has 0 aromatic heterocycles. The van der Waals surface area contributed by atoms with E-state index >= 15 is 0 Å². The van der Waals surface area contributed by atoms with Crippen molar-refractivity contribution in [3.8, 4) is 17.5 Å². The molecule has 0 aliphatic carbocycles. The lowest BCUT2D eigenvalue weighted by atomic mass is 9.93. The second-order valence-electron chi connectivity index (χ2n) is 2.58. The number of halogens is 3. The molecule has 0 amide bonds. The molecule has 0 atom stereocenters. The van der Waals surface area contributed by atoms with E-state index < -0.39 is 6.98 Å². The molecule has 1 aromatic carbocycles. The molecule has 0 heterocycles. The van der Waals surface area contributed by atoms with Crippen molar-refractivity contribution in [1.82, 2.24) is 0 Å². The highest BCUT2D eigenvalue weighted by molar-refractivity contribution is 6.67. The summed E-state index contributed by atoms with van der Waals surface area (Å²) in [6, 6.07) is 6.18. The van der Waals surface area contributed by atoms with Gasteiger partial charge < -0.3 is 17.7 Å². The molecule has 1 nitrogen and oxygen atoms in total. The molecule has 0 fully saturated rings. The Bertz CT molecular complexity index is 376. The summed E-state index contributed by atoms with van der Waals surface area (Å²) in [5.41, 5.74) is 0.295. The maximum atomic E-state index is 11.8. The van der Waals surface area contributed by atoms with Crippen molar-refractivity contribution in [3.63, 3.8) is 0 Å². The Labute approximate surface area is 79.9 Å². The first-order valence-electron chi connectivity index (χ1n) is 3.88. The first kappa shape index (κ1) is 10.5. The molecule has 0 saturated heterocycles. The lowest BCUT2D eigenvalue weighted by Crippen LogP contribution is -2.10. The molecule has 0 saturated carbocycles. The Kier molecular flexibility index (Phi) is 3.08. The first-order valence-corrected chi connectivity index (χ1v) is 3.88. The van der Waals surface area contributed by atoms with E-state index in [1.54, 1.807) is 12.1 Å². The van der Waals surface area contributed by atoms with Crippen molar-refractivity contribution < 1.29 is 17.7 Å². The van der Waals surface area contributed by atoms with Crippen molar-refractivity contribution in [2.45, 2.75) is 0 Å². The second-order valence-corrected chi connectivity index (χ2v) is 2.58. The normalized spacial score (nSPS) is 10.3. The summed E-state index contributed by atoms with van der Waals surface area (Å²) >= 11 is 0. The molecule has 0 unspecified atom stereocenters. The van der Waals surface area contributed by atoms with Crippen molar-refractivity contribution in [1.29, 1.82) is 0 Å². The summed E-state index contributed by atoms with van der Waals surface area (Å²) in [4.78, 5) is 0. The average Bonchev–Trinajstić information content (AvgIpc) is 2.14. The zero-order valence-electron chi connectivity index (χ0n) is 7.43. The van der Waals surface area contributed by atoms with Gasteiger partial charge in [0, 0.05) is 5.56 Å². The summed E-state index contributed by atoms with van der Waals surface area (Å²) in [5.74, 6) is 3.77. The first-order chi connectivity index (χ1) is 6.51. The number of rotatable bonds is 1. The van der Waals surface area contributed by atoms with E-state index in [0.717, 1.165) is 0 Å². The van der Waals surface area contributed by atoms with Gasteiger partial charge in [-0.15, -0.1) is 5.92 Å². The van der Waals surface area contributed by atoms with Crippen LogP contribution in [-0.4, -0.2) is 14.1 Å². The maximum Gasteiger partial charge on any atom is 0.558 e. The summed E-state index contributed by atoms with van der Waals surface area (Å²) in [6.45, 7) is -5.05. The maximum absolute atomic E-state index is 11.8. The van der Waals surface area contributed by atoms with Gasteiger partial charge in [-0.2, -0.15) is 5.82 Å². The van der Waals surface area contributed by atoms with Gasteiger partial charge in [0.25, 0.3) is 0 Å². The minimum atomic E-state index is -5.05. The fraction of sp³-hybridized carbons (Fsp3) is 0.111. The largest absolute Gasteiger partial charge is 0.558 e. The van der Waals surface area contributed by atoms with Crippen LogP contribution in [0.15, 0.2) is 24.3 Å². The Morgan fingerprint density at radius 2 is 2.00 bits per heavy atom. The average molecular weight is 199 g/mol. The van der Waals surface area contributed by atoms with Crippen LogP contribution in [0.3, 0.4) is 0 Å². The topological polar surface area (TPSA) is 9.23 Å². The Hall–Kier alpha value is -1.57. The molecule has 74 valence electrons. The Balaban J connectivity index is 2.90. The molecule has 0 spiro atoms. The summed E-state index contributed by atoms with van der Waals surface area (Å²) in [6.07, 6.45) is 0. The van der Waals surface area contributed by atoms with Crippen molar-refractivity contribution in [2.75, 3.05) is 7.11 Å². The van der Waals surface area contributed by atoms with E-state index in [4.69, 9.17) is 4.74 Å². The highest BCUT2D eigenvalue weighted by Crippen LogP contribution is 2.12. The smallest absolute Gasteiger partial charge is 0.497 e. The SMILES string of the molecule is COc1cccc(C#C[B-](F)(F)F)c1. The van der Waals surface area contributed by atoms with Gasteiger partial charge in [-0.05, 0) is 18.2 Å². The highest BCUT2D eigenvalue weighted by atomic mass is 19.4. The third-order valence-electron chi connectivity index (χ3n) is 1.45. The Morgan fingerprint density at radius 3 is 2.57 bits per heavy atom. The van der Waals surface area contributed by atoms with Crippen LogP contribution >= 0.6 is 0 Å². The zero-order chi connectivity index (χ0) is 10.6. The van der Waals surface area contributed by atoms with Gasteiger partial charge in [0.15, 0.2) is 0 Å². The standard InChI is InChI=1S/C9H7BF3O/c1-14-9-4-2-3-8(7-9)5-6-10(11,12)13/h2-4,7H,1H3/q-1. The number of hydrogen-bond donors (Lipinski definition) is 0. The van der Waals surface area contributed by atoms with Crippen LogP contribution in [0.5, 0.6) is 5.75 Å². The van der Waals surface area contributed by atoms with Crippen molar-refractivity contribution in [3.05, 3.63) is 29.8 Å². The molecule has 5 heteroatoms. The Morgan fingerprint density at radius 1 is 1.29 bits per heavy atom. The molecule has 1 aromatic rings. The van der Waals surface area contributed by atoms with Crippen molar-refractivity contribution >= 4 is 6.98 Å². The number of ether oxygens (including phenoxy) is 1. The van der Waals surface area contributed by atoms with Gasteiger partial charge in [-0.1, -0.05) is 6.07 Å². The van der Waals surface area contributed by atoms with Gasteiger partial charge in [-0.25, -0.2) is 0 Å². The van der Waals surface area contributed by atoms with Gasteiger partial charge in [-0.3, -0.25) is 0 Å². The lowest BCUT2D eigenvalue weighted by Gasteiger charge is -2.03. The number of hydrogen-bond acceptors (Lipinski definition) is 1. The molecule has 0 aliphatic rings. The number of benzene rings is 1. The lowest BCUT2D eigenvalue weighted by molar-refractivity contribution is 0.414. The molecular formula is C9H7BF3O-. The van der Waals surface area contributed by atoms with E-state index in [-0.39, 0.29) is 0 Å². The van der Waals surface area contributed by atoms with E-state index in [9.17, 15) is 12.9 Å². The predicted octanol–water partition coefficient (Wildman–Crippen LogP) is 2.43. The fourth-order valence-corrected chi connectivity index (χ4v) is 0.866. The monoisotopic (exact) mass is 199 g/mol. The van der Waals surface area contributed by atoms with Crippen LogP contribution in [0.4, 0.5) is 12.9 Å². The molecule has 0 bridgehead atoms.